The van der Waals surface area contributed by atoms with E-state index in [0.29, 0.717) is 0 Å². The highest BCUT2D eigenvalue weighted by Crippen LogP contribution is 2.27. The molecule has 0 saturated heterocycles. The average molecular weight is 221 g/mol. The zero-order valence-electron chi connectivity index (χ0n) is 7.86. The number of hydrogen-bond acceptors (Lipinski definition) is 3. The van der Waals surface area contributed by atoms with E-state index in [1.807, 2.05) is 6.26 Å². The van der Waals surface area contributed by atoms with Crippen molar-refractivity contribution in [3.8, 4) is 10.4 Å². The van der Waals surface area contributed by atoms with Gasteiger partial charge in [0.25, 0.3) is 0 Å². The van der Waals surface area contributed by atoms with E-state index in [9.17, 15) is 0 Å². The Kier molecular flexibility index (Phi) is 3.11. The molecule has 0 bridgehead atoms. The molecule has 0 amide bonds. The van der Waals surface area contributed by atoms with Crippen molar-refractivity contribution in [2.24, 2.45) is 0 Å². The summed E-state index contributed by atoms with van der Waals surface area (Å²) in [6.07, 6.45) is 2.03. The first kappa shape index (κ1) is 9.62. The minimum Gasteiger partial charge on any atom is -0.330 e. The van der Waals surface area contributed by atoms with Gasteiger partial charge in [0.15, 0.2) is 0 Å². The van der Waals surface area contributed by atoms with Crippen LogP contribution in [0.2, 0.25) is 0 Å². The van der Waals surface area contributed by atoms with Gasteiger partial charge in [-0.25, -0.2) is 0 Å². The normalized spacial score (nSPS) is 10.1. The fourth-order valence-corrected chi connectivity index (χ4v) is 2.38. The van der Waals surface area contributed by atoms with Gasteiger partial charge in [0.1, 0.15) is 0 Å². The molecule has 0 radical (unpaired) electrons. The van der Waals surface area contributed by atoms with Crippen LogP contribution in [0.25, 0.3) is 10.4 Å². The molecule has 0 unspecified atom stereocenters. The molecule has 0 aliphatic rings. The molecule has 2 aromatic rings. The first-order valence-corrected chi connectivity index (χ1v) is 6.43. The second-order valence-corrected chi connectivity index (χ2v) is 4.42. The van der Waals surface area contributed by atoms with Gasteiger partial charge in [-0.3, -0.25) is 0 Å². The summed E-state index contributed by atoms with van der Waals surface area (Å²) in [5, 5.41) is 2.10. The molecule has 1 N–H and O–H groups in total. The first-order valence-electron chi connectivity index (χ1n) is 4.33. The van der Waals surface area contributed by atoms with Gasteiger partial charge in [0, 0.05) is 16.8 Å². The number of hydrogen-bond donors (Lipinski definition) is 1. The molecule has 14 heavy (non-hydrogen) atoms. The van der Waals surface area contributed by atoms with Crippen LogP contribution in [-0.2, 0) is 0 Å². The maximum atomic E-state index is 3.23. The Bertz CT molecular complexity index is 395. The predicted octanol–water partition coefficient (Wildman–Crippen LogP) is 4.11. The summed E-state index contributed by atoms with van der Waals surface area (Å²) in [4.78, 5) is 1.31. The Morgan fingerprint density at radius 2 is 2.14 bits per heavy atom. The van der Waals surface area contributed by atoms with Crippen molar-refractivity contribution in [3.05, 3.63) is 41.8 Å². The quantitative estimate of drug-likeness (QED) is 0.783. The van der Waals surface area contributed by atoms with E-state index in [1.54, 1.807) is 23.3 Å². The summed E-state index contributed by atoms with van der Waals surface area (Å²) >= 11 is 3.38. The van der Waals surface area contributed by atoms with Crippen molar-refractivity contribution >= 4 is 29.0 Å². The fraction of sp³-hybridized carbons (Fsp3) is 0.0909. The summed E-state index contributed by atoms with van der Waals surface area (Å²) in [6, 6.07) is 12.7. The minimum absolute atomic E-state index is 1.16. The molecule has 1 aromatic heterocycles. The van der Waals surface area contributed by atoms with E-state index in [2.05, 4.69) is 46.5 Å². The lowest BCUT2D eigenvalue weighted by molar-refractivity contribution is 1.67. The maximum Gasteiger partial charge on any atom is 0.0446 e. The van der Waals surface area contributed by atoms with Crippen molar-refractivity contribution in [2.75, 3.05) is 11.0 Å². The Balaban J connectivity index is 2.31. The zero-order chi connectivity index (χ0) is 9.80. The first-order chi connectivity index (χ1) is 6.90. The molecular weight excluding hydrogens is 210 g/mol. The smallest absolute Gasteiger partial charge is 0.0446 e. The molecule has 0 aliphatic carbocycles. The largest absolute Gasteiger partial charge is 0.330 e. The molecular formula is C11H11NS2. The molecule has 3 heteroatoms. The van der Waals surface area contributed by atoms with Gasteiger partial charge in [-0.15, -0.1) is 11.3 Å². The molecule has 0 saturated carbocycles. The topological polar surface area (TPSA) is 12.0 Å². The highest BCUT2D eigenvalue weighted by atomic mass is 32.2. The Morgan fingerprint density at radius 3 is 2.86 bits per heavy atom. The zero-order valence-corrected chi connectivity index (χ0v) is 9.49. The summed E-state index contributed by atoms with van der Waals surface area (Å²) < 4.78 is 3.23. The van der Waals surface area contributed by atoms with Crippen LogP contribution in [0.4, 0.5) is 5.69 Å². The van der Waals surface area contributed by atoms with Crippen molar-refractivity contribution in [3.63, 3.8) is 0 Å². The fourth-order valence-electron chi connectivity index (χ4n) is 1.30. The molecule has 1 nitrogen and oxygen atoms in total. The summed E-state index contributed by atoms with van der Waals surface area (Å²) in [5.74, 6) is 0. The van der Waals surface area contributed by atoms with Crippen LogP contribution in [0.3, 0.4) is 0 Å². The summed E-state index contributed by atoms with van der Waals surface area (Å²) in [5.41, 5.74) is 2.43. The minimum atomic E-state index is 1.16. The highest BCUT2D eigenvalue weighted by molar-refractivity contribution is 7.99. The number of nitrogens with one attached hydrogen (secondary N) is 1. The van der Waals surface area contributed by atoms with Crippen molar-refractivity contribution < 1.29 is 0 Å². The van der Waals surface area contributed by atoms with Crippen LogP contribution < -0.4 is 4.72 Å². The molecule has 1 aromatic carbocycles. The average Bonchev–Trinajstić information content (AvgIpc) is 2.71. The summed E-state index contributed by atoms with van der Waals surface area (Å²) in [6.45, 7) is 0. The second kappa shape index (κ2) is 4.53. The number of rotatable bonds is 3. The highest BCUT2D eigenvalue weighted by Gasteiger charge is 1.98. The van der Waals surface area contributed by atoms with E-state index in [4.69, 9.17) is 0 Å². The summed E-state index contributed by atoms with van der Waals surface area (Å²) in [7, 11) is 0. The van der Waals surface area contributed by atoms with Gasteiger partial charge in [0.2, 0.25) is 0 Å². The van der Waals surface area contributed by atoms with Gasteiger partial charge in [-0.2, -0.15) is 0 Å². The van der Waals surface area contributed by atoms with Gasteiger partial charge in [-0.05, 0) is 29.1 Å². The molecule has 0 spiro atoms. The van der Waals surface area contributed by atoms with E-state index in [1.165, 1.54) is 10.4 Å². The maximum absolute atomic E-state index is 3.23. The third-order valence-corrected chi connectivity index (χ3v) is 3.25. The van der Waals surface area contributed by atoms with Crippen molar-refractivity contribution in [1.82, 2.24) is 0 Å². The van der Waals surface area contributed by atoms with Gasteiger partial charge in [-0.1, -0.05) is 30.1 Å². The van der Waals surface area contributed by atoms with Crippen LogP contribution in [0.15, 0.2) is 41.8 Å². The van der Waals surface area contributed by atoms with E-state index >= 15 is 0 Å². The monoisotopic (exact) mass is 221 g/mol. The van der Waals surface area contributed by atoms with Gasteiger partial charge < -0.3 is 4.72 Å². The SMILES string of the molecule is CSNc1cccc(-c2cccs2)c1. The lowest BCUT2D eigenvalue weighted by Crippen LogP contribution is -1.83. The number of anilines is 1. The third kappa shape index (κ3) is 2.11. The van der Waals surface area contributed by atoms with E-state index in [0.717, 1.165) is 5.69 Å². The molecule has 0 atom stereocenters. The van der Waals surface area contributed by atoms with Crippen LogP contribution in [0.5, 0.6) is 0 Å². The molecule has 0 aliphatic heterocycles. The Hall–Kier alpha value is -0.930. The number of thiophene rings is 1. The van der Waals surface area contributed by atoms with Gasteiger partial charge >= 0.3 is 0 Å². The Labute approximate surface area is 92.3 Å². The Morgan fingerprint density at radius 1 is 1.21 bits per heavy atom. The van der Waals surface area contributed by atoms with E-state index in [-0.39, 0.29) is 0 Å². The number of benzene rings is 1. The van der Waals surface area contributed by atoms with Crippen LogP contribution >= 0.6 is 23.3 Å². The predicted molar refractivity (Wildman–Crippen MR) is 66.9 cm³/mol. The molecule has 0 fully saturated rings. The van der Waals surface area contributed by atoms with Crippen LogP contribution in [0.1, 0.15) is 0 Å². The van der Waals surface area contributed by atoms with Gasteiger partial charge in [0.05, 0.1) is 0 Å². The standard InChI is InChI=1S/C11H11NS2/c1-13-12-10-5-2-4-9(8-10)11-6-3-7-14-11/h2-8,12H,1H3. The van der Waals surface area contributed by atoms with Crippen molar-refractivity contribution in [1.29, 1.82) is 0 Å². The van der Waals surface area contributed by atoms with Crippen LogP contribution in [-0.4, -0.2) is 6.26 Å². The van der Waals surface area contributed by atoms with Crippen molar-refractivity contribution in [2.45, 2.75) is 0 Å². The lowest BCUT2D eigenvalue weighted by atomic mass is 10.2. The third-order valence-electron chi connectivity index (χ3n) is 1.89. The molecule has 1 heterocycles. The molecule has 72 valence electrons. The molecule has 2 rings (SSSR count). The van der Waals surface area contributed by atoms with E-state index < -0.39 is 0 Å². The lowest BCUT2D eigenvalue weighted by Gasteiger charge is -2.03. The second-order valence-electron chi connectivity index (χ2n) is 2.86. The van der Waals surface area contributed by atoms with Crippen LogP contribution in [0, 0.1) is 0 Å².